The summed E-state index contributed by atoms with van der Waals surface area (Å²) in [6.07, 6.45) is 2.81. The number of aromatic amines is 1. The largest absolute Gasteiger partial charge is 0.289 e. The molecule has 0 unspecified atom stereocenters. The minimum atomic E-state index is 0.0577. The lowest BCUT2D eigenvalue weighted by molar-refractivity contribution is 0.872. The second-order valence-corrected chi connectivity index (χ2v) is 5.37. The standard InChI is InChI=1S/C16H15N3O/c1-10-5-2-3-6-11(10)14-9-15-17-13-8-4-7-12(13)16(20)19(15)18-14/h2-3,5-6,9,18H,4,7-8H2,1H3. The summed E-state index contributed by atoms with van der Waals surface area (Å²) in [5, 5.41) is 3.19. The van der Waals surface area contributed by atoms with Gasteiger partial charge in [-0.15, -0.1) is 0 Å². The molecule has 0 aliphatic heterocycles. The summed E-state index contributed by atoms with van der Waals surface area (Å²) in [6, 6.07) is 10.1. The summed E-state index contributed by atoms with van der Waals surface area (Å²) < 4.78 is 1.58. The van der Waals surface area contributed by atoms with Crippen LogP contribution in [0, 0.1) is 6.92 Å². The molecule has 0 bridgehead atoms. The monoisotopic (exact) mass is 265 g/mol. The fraction of sp³-hybridized carbons (Fsp3) is 0.250. The Labute approximate surface area is 116 Å². The summed E-state index contributed by atoms with van der Waals surface area (Å²) in [6.45, 7) is 2.07. The van der Waals surface area contributed by atoms with Crippen LogP contribution in [0.2, 0.25) is 0 Å². The molecule has 4 rings (SSSR count). The third-order valence-electron chi connectivity index (χ3n) is 4.07. The number of hydrogen-bond acceptors (Lipinski definition) is 2. The highest BCUT2D eigenvalue weighted by Gasteiger charge is 2.19. The third kappa shape index (κ3) is 1.54. The van der Waals surface area contributed by atoms with E-state index in [1.807, 2.05) is 18.2 Å². The highest BCUT2D eigenvalue weighted by atomic mass is 16.1. The van der Waals surface area contributed by atoms with E-state index >= 15 is 0 Å². The van der Waals surface area contributed by atoms with Crippen LogP contribution in [0.1, 0.15) is 23.2 Å². The number of benzene rings is 1. The van der Waals surface area contributed by atoms with Crippen LogP contribution in [-0.4, -0.2) is 14.6 Å². The first-order chi connectivity index (χ1) is 9.74. The third-order valence-corrected chi connectivity index (χ3v) is 4.07. The van der Waals surface area contributed by atoms with Crippen LogP contribution in [0.15, 0.2) is 35.1 Å². The van der Waals surface area contributed by atoms with E-state index in [9.17, 15) is 4.79 Å². The smallest absolute Gasteiger partial charge is 0.276 e. The highest BCUT2D eigenvalue weighted by Crippen LogP contribution is 2.23. The van der Waals surface area contributed by atoms with Gasteiger partial charge in [-0.25, -0.2) is 9.50 Å². The fourth-order valence-electron chi connectivity index (χ4n) is 3.01. The van der Waals surface area contributed by atoms with E-state index in [4.69, 9.17) is 0 Å². The van der Waals surface area contributed by atoms with Crippen molar-refractivity contribution in [1.29, 1.82) is 0 Å². The maximum absolute atomic E-state index is 12.4. The van der Waals surface area contributed by atoms with Crippen LogP contribution in [0.4, 0.5) is 0 Å². The van der Waals surface area contributed by atoms with E-state index in [1.54, 1.807) is 4.52 Å². The second-order valence-electron chi connectivity index (χ2n) is 5.37. The number of nitrogens with zero attached hydrogens (tertiary/aromatic N) is 2. The van der Waals surface area contributed by atoms with Gasteiger partial charge in [-0.2, -0.15) is 0 Å². The van der Waals surface area contributed by atoms with Gasteiger partial charge in [0.05, 0.1) is 11.4 Å². The summed E-state index contributed by atoms with van der Waals surface area (Å²) >= 11 is 0. The predicted octanol–water partition coefficient (Wildman–Crippen LogP) is 2.49. The maximum atomic E-state index is 12.4. The Morgan fingerprint density at radius 2 is 2.10 bits per heavy atom. The number of rotatable bonds is 1. The molecule has 3 aromatic rings. The molecule has 4 nitrogen and oxygen atoms in total. The molecule has 1 aliphatic carbocycles. The first-order valence-electron chi connectivity index (χ1n) is 6.93. The predicted molar refractivity (Wildman–Crippen MR) is 78.0 cm³/mol. The van der Waals surface area contributed by atoms with Gasteiger partial charge in [0.2, 0.25) is 0 Å². The number of aromatic nitrogens is 3. The van der Waals surface area contributed by atoms with Crippen LogP contribution >= 0.6 is 0 Å². The number of H-pyrrole nitrogens is 1. The summed E-state index contributed by atoms with van der Waals surface area (Å²) in [4.78, 5) is 17.1. The Morgan fingerprint density at radius 1 is 1.25 bits per heavy atom. The van der Waals surface area contributed by atoms with Crippen molar-refractivity contribution in [2.24, 2.45) is 0 Å². The first-order valence-corrected chi connectivity index (χ1v) is 6.93. The lowest BCUT2D eigenvalue weighted by Gasteiger charge is -2.01. The van der Waals surface area contributed by atoms with E-state index in [0.717, 1.165) is 41.8 Å². The Kier molecular flexibility index (Phi) is 2.33. The van der Waals surface area contributed by atoms with Crippen LogP contribution in [0.25, 0.3) is 16.9 Å². The van der Waals surface area contributed by atoms with Gasteiger partial charge in [0.15, 0.2) is 5.65 Å². The van der Waals surface area contributed by atoms with Gasteiger partial charge in [0, 0.05) is 17.2 Å². The molecule has 0 amide bonds. The van der Waals surface area contributed by atoms with Crippen molar-refractivity contribution in [2.45, 2.75) is 26.2 Å². The number of aryl methyl sites for hydroxylation is 2. The maximum Gasteiger partial charge on any atom is 0.276 e. The van der Waals surface area contributed by atoms with Crippen molar-refractivity contribution < 1.29 is 0 Å². The lowest BCUT2D eigenvalue weighted by Crippen LogP contribution is -2.19. The molecular weight excluding hydrogens is 250 g/mol. The zero-order chi connectivity index (χ0) is 13.7. The van der Waals surface area contributed by atoms with E-state index < -0.39 is 0 Å². The van der Waals surface area contributed by atoms with Gasteiger partial charge >= 0.3 is 0 Å². The minimum absolute atomic E-state index is 0.0577. The number of fused-ring (bicyclic) bond motifs is 2. The van der Waals surface area contributed by atoms with E-state index in [-0.39, 0.29) is 5.56 Å². The molecule has 0 fully saturated rings. The summed E-state index contributed by atoms with van der Waals surface area (Å²) in [7, 11) is 0. The molecule has 0 atom stereocenters. The van der Waals surface area contributed by atoms with Crippen molar-refractivity contribution in [3.63, 3.8) is 0 Å². The summed E-state index contributed by atoms with van der Waals surface area (Å²) in [5.41, 5.74) is 5.86. The molecule has 1 aromatic carbocycles. The van der Waals surface area contributed by atoms with Crippen LogP contribution in [-0.2, 0) is 12.8 Å². The highest BCUT2D eigenvalue weighted by molar-refractivity contribution is 5.67. The average Bonchev–Trinajstić information content (AvgIpc) is 3.06. The molecule has 0 saturated heterocycles. The molecule has 20 heavy (non-hydrogen) atoms. The summed E-state index contributed by atoms with van der Waals surface area (Å²) in [5.74, 6) is 0. The van der Waals surface area contributed by atoms with Gasteiger partial charge in [-0.3, -0.25) is 9.89 Å². The molecule has 4 heteroatoms. The Hall–Kier alpha value is -2.36. The van der Waals surface area contributed by atoms with Gasteiger partial charge in [0.25, 0.3) is 5.56 Å². The van der Waals surface area contributed by atoms with Gasteiger partial charge in [0.1, 0.15) is 0 Å². The normalized spacial score (nSPS) is 13.8. The van der Waals surface area contributed by atoms with Crippen molar-refractivity contribution in [3.05, 3.63) is 57.5 Å². The van der Waals surface area contributed by atoms with Gasteiger partial charge in [-0.05, 0) is 31.7 Å². The molecular formula is C16H15N3O. The molecule has 100 valence electrons. The molecule has 0 radical (unpaired) electrons. The van der Waals surface area contributed by atoms with Crippen molar-refractivity contribution in [1.82, 2.24) is 14.6 Å². The zero-order valence-corrected chi connectivity index (χ0v) is 11.3. The second kappa shape index (κ2) is 4.07. The molecule has 1 aliphatic rings. The molecule has 0 spiro atoms. The van der Waals surface area contributed by atoms with Gasteiger partial charge in [-0.1, -0.05) is 24.3 Å². The van der Waals surface area contributed by atoms with Crippen molar-refractivity contribution >= 4 is 5.65 Å². The van der Waals surface area contributed by atoms with E-state index in [1.165, 1.54) is 5.56 Å². The molecule has 2 aromatic heterocycles. The topological polar surface area (TPSA) is 50.2 Å². The SMILES string of the molecule is Cc1ccccc1-c1cc2nc3c(c(=O)n2[nH]1)CCC3. The quantitative estimate of drug-likeness (QED) is 0.735. The van der Waals surface area contributed by atoms with E-state index in [0.29, 0.717) is 5.65 Å². The van der Waals surface area contributed by atoms with Crippen LogP contribution in [0.3, 0.4) is 0 Å². The average molecular weight is 265 g/mol. The number of nitrogens with one attached hydrogen (secondary N) is 1. The van der Waals surface area contributed by atoms with Crippen molar-refractivity contribution in [2.75, 3.05) is 0 Å². The number of hydrogen-bond donors (Lipinski definition) is 1. The van der Waals surface area contributed by atoms with Crippen molar-refractivity contribution in [3.8, 4) is 11.3 Å². The molecule has 2 heterocycles. The Bertz CT molecular complexity index is 873. The van der Waals surface area contributed by atoms with Gasteiger partial charge < -0.3 is 0 Å². The minimum Gasteiger partial charge on any atom is -0.289 e. The lowest BCUT2D eigenvalue weighted by atomic mass is 10.1. The van der Waals surface area contributed by atoms with E-state index in [2.05, 4.69) is 29.1 Å². The Balaban J connectivity index is 1.99. The zero-order valence-electron chi connectivity index (χ0n) is 11.3. The van der Waals surface area contributed by atoms with Crippen LogP contribution in [0.5, 0.6) is 0 Å². The molecule has 1 N–H and O–H groups in total. The molecule has 0 saturated carbocycles. The van der Waals surface area contributed by atoms with Crippen LogP contribution < -0.4 is 5.56 Å². The Morgan fingerprint density at radius 3 is 2.95 bits per heavy atom. The first kappa shape index (κ1) is 11.5. The fourth-order valence-corrected chi connectivity index (χ4v) is 3.01.